The van der Waals surface area contributed by atoms with E-state index in [0.29, 0.717) is 6.54 Å². The third kappa shape index (κ3) is 3.99. The molecule has 1 aliphatic heterocycles. The second kappa shape index (κ2) is 7.33. The normalized spacial score (nSPS) is 18.1. The summed E-state index contributed by atoms with van der Waals surface area (Å²) >= 11 is 1.80. The highest BCUT2D eigenvalue weighted by molar-refractivity contribution is 7.11. The van der Waals surface area contributed by atoms with Gasteiger partial charge in [0.15, 0.2) is 0 Å². The average Bonchev–Trinajstić information content (AvgIpc) is 2.88. The third-order valence-corrected chi connectivity index (χ3v) is 5.08. The molecule has 0 bridgehead atoms. The van der Waals surface area contributed by atoms with Crippen molar-refractivity contribution in [1.82, 2.24) is 14.8 Å². The molecule has 0 amide bonds. The minimum Gasteiger partial charge on any atom is -0.326 e. The van der Waals surface area contributed by atoms with E-state index < -0.39 is 0 Å². The fraction of sp³-hybridized carbons (Fsp3) is 0.786. The van der Waals surface area contributed by atoms with E-state index in [1.165, 1.54) is 48.3 Å². The summed E-state index contributed by atoms with van der Waals surface area (Å²) in [6, 6.07) is 0. The fourth-order valence-corrected chi connectivity index (χ4v) is 3.59. The number of rotatable bonds is 6. The number of hydrogen-bond donors (Lipinski definition) is 1. The minimum absolute atomic E-state index is 0.635. The number of nitrogens with two attached hydrogens (primary N) is 1. The summed E-state index contributed by atoms with van der Waals surface area (Å²) in [5.74, 6) is 0. The van der Waals surface area contributed by atoms with E-state index in [1.807, 2.05) is 0 Å². The fourth-order valence-electron chi connectivity index (χ4n) is 2.56. The molecule has 2 N–H and O–H groups in total. The molecule has 0 aromatic carbocycles. The van der Waals surface area contributed by atoms with Crippen molar-refractivity contribution in [1.29, 1.82) is 0 Å². The average molecular weight is 282 g/mol. The van der Waals surface area contributed by atoms with Crippen LogP contribution in [0.4, 0.5) is 0 Å². The van der Waals surface area contributed by atoms with E-state index in [9.17, 15) is 0 Å². The van der Waals surface area contributed by atoms with E-state index in [4.69, 9.17) is 10.7 Å². The molecule has 0 radical (unpaired) electrons. The molecular weight excluding hydrogens is 256 g/mol. The van der Waals surface area contributed by atoms with Gasteiger partial charge in [0.2, 0.25) is 0 Å². The van der Waals surface area contributed by atoms with Crippen LogP contribution >= 0.6 is 11.3 Å². The lowest BCUT2D eigenvalue weighted by Gasteiger charge is -2.33. The van der Waals surface area contributed by atoms with Crippen LogP contribution in [0.15, 0.2) is 0 Å². The molecule has 108 valence electrons. The molecule has 2 rings (SSSR count). The molecule has 0 atom stereocenters. The quantitative estimate of drug-likeness (QED) is 0.855. The molecule has 1 aromatic rings. The topological polar surface area (TPSA) is 45.4 Å². The van der Waals surface area contributed by atoms with Gasteiger partial charge in [-0.15, -0.1) is 11.3 Å². The van der Waals surface area contributed by atoms with Gasteiger partial charge >= 0.3 is 0 Å². The molecule has 0 unspecified atom stereocenters. The first-order valence-corrected chi connectivity index (χ1v) is 8.20. The number of nitrogens with zero attached hydrogens (tertiary/aromatic N) is 3. The van der Waals surface area contributed by atoms with Gasteiger partial charge in [-0.25, -0.2) is 4.98 Å². The zero-order valence-electron chi connectivity index (χ0n) is 12.2. The van der Waals surface area contributed by atoms with Crippen molar-refractivity contribution in [3.05, 3.63) is 15.6 Å². The van der Waals surface area contributed by atoms with Crippen LogP contribution in [0.5, 0.6) is 0 Å². The van der Waals surface area contributed by atoms with Crippen molar-refractivity contribution in [2.75, 3.05) is 39.3 Å². The van der Waals surface area contributed by atoms with Crippen LogP contribution in [-0.4, -0.2) is 54.1 Å². The number of hydrogen-bond acceptors (Lipinski definition) is 5. The number of aromatic nitrogens is 1. The lowest BCUT2D eigenvalue weighted by atomic mass is 10.3. The van der Waals surface area contributed by atoms with Gasteiger partial charge in [0.25, 0.3) is 0 Å². The molecule has 2 heterocycles. The van der Waals surface area contributed by atoms with E-state index in [2.05, 4.69) is 23.6 Å². The van der Waals surface area contributed by atoms with Gasteiger partial charge in [-0.2, -0.15) is 0 Å². The molecule has 0 aliphatic carbocycles. The summed E-state index contributed by atoms with van der Waals surface area (Å²) < 4.78 is 0. The Bertz CT molecular complexity index is 361. The first kappa shape index (κ1) is 14.9. The van der Waals surface area contributed by atoms with Crippen LogP contribution in [0.2, 0.25) is 0 Å². The molecular formula is C14H26N4S. The molecule has 1 aliphatic rings. The zero-order chi connectivity index (χ0) is 13.7. The molecule has 1 saturated heterocycles. The monoisotopic (exact) mass is 282 g/mol. The molecule has 19 heavy (non-hydrogen) atoms. The van der Waals surface area contributed by atoms with Crippen LogP contribution in [0.3, 0.4) is 0 Å². The first-order valence-electron chi connectivity index (χ1n) is 7.39. The van der Waals surface area contributed by atoms with E-state index in [1.54, 1.807) is 11.3 Å². The highest BCUT2D eigenvalue weighted by atomic mass is 32.1. The lowest BCUT2D eigenvalue weighted by Crippen LogP contribution is -2.46. The summed E-state index contributed by atoms with van der Waals surface area (Å²) in [6.45, 7) is 12.2. The Morgan fingerprint density at radius 2 is 1.84 bits per heavy atom. The van der Waals surface area contributed by atoms with Gasteiger partial charge in [0.05, 0.1) is 10.7 Å². The van der Waals surface area contributed by atoms with Crippen molar-refractivity contribution >= 4 is 11.3 Å². The Morgan fingerprint density at radius 1 is 1.16 bits per heavy atom. The maximum absolute atomic E-state index is 5.76. The van der Waals surface area contributed by atoms with Crippen molar-refractivity contribution in [2.45, 2.75) is 33.2 Å². The van der Waals surface area contributed by atoms with E-state index >= 15 is 0 Å². The lowest BCUT2D eigenvalue weighted by molar-refractivity contribution is 0.138. The van der Waals surface area contributed by atoms with Gasteiger partial charge in [0.1, 0.15) is 0 Å². The molecule has 5 heteroatoms. The summed E-state index contributed by atoms with van der Waals surface area (Å²) in [5.41, 5.74) is 6.97. The Labute approximate surface area is 120 Å². The maximum atomic E-state index is 5.76. The second-order valence-electron chi connectivity index (χ2n) is 5.06. The summed E-state index contributed by atoms with van der Waals surface area (Å²) in [6.07, 6.45) is 2.07. The van der Waals surface area contributed by atoms with Gasteiger partial charge in [-0.05, 0) is 13.0 Å². The van der Waals surface area contributed by atoms with Gasteiger partial charge in [0, 0.05) is 50.6 Å². The van der Waals surface area contributed by atoms with Crippen molar-refractivity contribution < 1.29 is 0 Å². The van der Waals surface area contributed by atoms with Crippen LogP contribution in [0.1, 0.15) is 29.4 Å². The van der Waals surface area contributed by atoms with Gasteiger partial charge in [-0.1, -0.05) is 13.8 Å². The molecule has 4 nitrogen and oxygen atoms in total. The largest absolute Gasteiger partial charge is 0.326 e. The molecule has 1 aromatic heterocycles. The highest BCUT2D eigenvalue weighted by Gasteiger charge is 2.16. The predicted molar refractivity (Wildman–Crippen MR) is 81.6 cm³/mol. The zero-order valence-corrected chi connectivity index (χ0v) is 13.0. The van der Waals surface area contributed by atoms with Crippen LogP contribution in [0.25, 0.3) is 0 Å². The Balaban J connectivity index is 1.81. The number of piperazine rings is 1. The van der Waals surface area contributed by atoms with Crippen LogP contribution in [0, 0.1) is 0 Å². The van der Waals surface area contributed by atoms with Crippen molar-refractivity contribution in [3.8, 4) is 0 Å². The second-order valence-corrected chi connectivity index (χ2v) is 6.23. The van der Waals surface area contributed by atoms with Crippen molar-refractivity contribution in [3.63, 3.8) is 0 Å². The summed E-state index contributed by atoms with van der Waals surface area (Å²) in [4.78, 5) is 11.1. The minimum atomic E-state index is 0.635. The predicted octanol–water partition coefficient (Wildman–Crippen LogP) is 1.34. The molecule has 0 saturated carbocycles. The maximum Gasteiger partial charge on any atom is 0.0944 e. The number of aryl methyl sites for hydroxylation is 1. The number of likely N-dealkylation sites (N-methyl/N-ethyl adjacent to an activating group) is 1. The van der Waals surface area contributed by atoms with Crippen LogP contribution in [-0.2, 0) is 19.4 Å². The van der Waals surface area contributed by atoms with Crippen LogP contribution < -0.4 is 5.73 Å². The Hall–Kier alpha value is -0.490. The number of thiazole rings is 1. The van der Waals surface area contributed by atoms with Crippen molar-refractivity contribution in [2.24, 2.45) is 5.73 Å². The summed E-state index contributed by atoms with van der Waals surface area (Å²) in [7, 11) is 0. The van der Waals surface area contributed by atoms with E-state index in [-0.39, 0.29) is 0 Å². The first-order chi connectivity index (χ1) is 9.26. The Morgan fingerprint density at radius 3 is 2.37 bits per heavy atom. The van der Waals surface area contributed by atoms with Gasteiger partial charge < -0.3 is 15.5 Å². The van der Waals surface area contributed by atoms with E-state index in [0.717, 1.165) is 19.4 Å². The summed E-state index contributed by atoms with van der Waals surface area (Å²) in [5, 5.41) is 1.26. The highest BCUT2D eigenvalue weighted by Crippen LogP contribution is 2.19. The standard InChI is InChI=1S/C14H26N4S/c1-3-12-13(11-15)19-14(16-12)5-6-18-9-7-17(4-2)8-10-18/h3-11,15H2,1-2H3. The SMILES string of the molecule is CCc1nc(CCN2CCN(CC)CC2)sc1CN. The molecule has 1 fully saturated rings. The molecule has 0 spiro atoms. The Kier molecular flexibility index (Phi) is 5.76. The smallest absolute Gasteiger partial charge is 0.0944 e. The third-order valence-electron chi connectivity index (χ3n) is 3.90. The van der Waals surface area contributed by atoms with Gasteiger partial charge in [-0.3, -0.25) is 0 Å².